The molecule has 3 saturated carbocycles. The topological polar surface area (TPSA) is 148 Å². The summed E-state index contributed by atoms with van der Waals surface area (Å²) in [7, 11) is 0. The smallest absolute Gasteiger partial charge is 0.408 e. The molecular weight excluding hydrogens is 488 g/mol. The van der Waals surface area contributed by atoms with Gasteiger partial charge in [0.25, 0.3) is 5.91 Å². The average molecular weight is 533 g/mol. The number of rotatable bonds is 9. The molecule has 4 rings (SSSR count). The van der Waals surface area contributed by atoms with Gasteiger partial charge >= 0.3 is 6.09 Å². The predicted octanol–water partition coefficient (Wildman–Crippen LogP) is 2.14. The number of ether oxygens (including phenoxy) is 1. The van der Waals surface area contributed by atoms with Crippen molar-refractivity contribution in [3.63, 3.8) is 0 Å². The molecular formula is C28H44N4O6. The Hall–Kier alpha value is -2.65. The standard InChI is InChI=1S/C28H44N4O6/c1-14-7-10-16(11-14)38-26(37)31-22(27(2,3)4)25(36)32-13-17-19(28(17,5)6)20(32)24(35)30-18(12-15-8-9-15)21(33)23(29)34/h14-20,22H,7-13H2,1-6H3,(H2,29,34)(H,30,35)(H,31,37)/t14?,16?,17-,18?,19-,20-,22+/m0/s1. The molecule has 7 atom stereocenters. The van der Waals surface area contributed by atoms with Gasteiger partial charge in [-0.15, -0.1) is 0 Å². The summed E-state index contributed by atoms with van der Waals surface area (Å²) in [5.74, 6) is -1.87. The SMILES string of the molecule is CC1CCC(OC(=O)N[C@H](C(=O)N2C[C@H]3[C@@H]([C@H]2C(=O)NC(CC2CC2)C(=O)C(N)=O)C3(C)C)C(C)(C)C)C1. The van der Waals surface area contributed by atoms with E-state index in [4.69, 9.17) is 10.5 Å². The molecule has 0 spiro atoms. The second-order valence-corrected chi connectivity index (χ2v) is 13.7. The molecule has 4 fully saturated rings. The van der Waals surface area contributed by atoms with Gasteiger partial charge in [-0.05, 0) is 60.2 Å². The minimum absolute atomic E-state index is 0.0794. The molecule has 0 aromatic rings. The lowest BCUT2D eigenvalue weighted by atomic mass is 9.85. The van der Waals surface area contributed by atoms with E-state index >= 15 is 0 Å². The third kappa shape index (κ3) is 5.83. The van der Waals surface area contributed by atoms with Crippen molar-refractivity contribution >= 4 is 29.6 Å². The van der Waals surface area contributed by atoms with Gasteiger partial charge in [-0.1, -0.05) is 54.4 Å². The highest BCUT2D eigenvalue weighted by Crippen LogP contribution is 2.65. The van der Waals surface area contributed by atoms with E-state index in [0.717, 1.165) is 32.1 Å². The fourth-order valence-corrected chi connectivity index (χ4v) is 6.54. The number of nitrogens with one attached hydrogen (secondary N) is 2. The monoisotopic (exact) mass is 532 g/mol. The van der Waals surface area contributed by atoms with Crippen molar-refractivity contribution in [3.8, 4) is 0 Å². The van der Waals surface area contributed by atoms with Crippen LogP contribution in [0.5, 0.6) is 0 Å². The second-order valence-electron chi connectivity index (χ2n) is 13.7. The van der Waals surface area contributed by atoms with E-state index in [0.29, 0.717) is 18.9 Å². The van der Waals surface area contributed by atoms with Crippen LogP contribution in [0.3, 0.4) is 0 Å². The molecule has 212 valence electrons. The molecule has 1 aliphatic heterocycles. The van der Waals surface area contributed by atoms with Gasteiger partial charge in [0.05, 0.1) is 6.04 Å². The highest BCUT2D eigenvalue weighted by Gasteiger charge is 2.70. The van der Waals surface area contributed by atoms with Crippen LogP contribution in [0.2, 0.25) is 0 Å². The van der Waals surface area contributed by atoms with Gasteiger partial charge in [-0.25, -0.2) is 4.79 Å². The average Bonchev–Trinajstić information content (AvgIpc) is 3.57. The first-order valence-corrected chi connectivity index (χ1v) is 14.0. The van der Waals surface area contributed by atoms with Crippen LogP contribution in [0.25, 0.3) is 0 Å². The molecule has 3 aliphatic carbocycles. The first kappa shape index (κ1) is 28.4. The minimum Gasteiger partial charge on any atom is -0.446 e. The van der Waals surface area contributed by atoms with Gasteiger partial charge in [0.2, 0.25) is 17.6 Å². The molecule has 10 heteroatoms. The molecule has 4 amide bonds. The van der Waals surface area contributed by atoms with Gasteiger partial charge in [0, 0.05) is 6.54 Å². The van der Waals surface area contributed by atoms with Crippen LogP contribution in [0, 0.1) is 34.5 Å². The number of nitrogens with two attached hydrogens (primary N) is 1. The van der Waals surface area contributed by atoms with E-state index in [2.05, 4.69) is 31.4 Å². The van der Waals surface area contributed by atoms with E-state index in [1.807, 2.05) is 20.8 Å². The Bertz CT molecular complexity index is 1000. The third-order valence-electron chi connectivity index (χ3n) is 9.20. The minimum atomic E-state index is -1.08. The van der Waals surface area contributed by atoms with Gasteiger partial charge in [-0.2, -0.15) is 0 Å². The second kappa shape index (κ2) is 10.2. The fraction of sp³-hybridized carbons (Fsp3) is 0.821. The van der Waals surface area contributed by atoms with E-state index in [9.17, 15) is 24.0 Å². The molecule has 10 nitrogen and oxygen atoms in total. The normalized spacial score (nSPS) is 31.1. The van der Waals surface area contributed by atoms with Crippen LogP contribution in [0.1, 0.15) is 80.1 Å². The summed E-state index contributed by atoms with van der Waals surface area (Å²) in [6.07, 6.45) is 4.08. The van der Waals surface area contributed by atoms with Crippen molar-refractivity contribution in [1.29, 1.82) is 0 Å². The highest BCUT2D eigenvalue weighted by atomic mass is 16.6. The number of hydrogen-bond acceptors (Lipinski definition) is 6. The Balaban J connectivity index is 1.50. The Labute approximate surface area is 225 Å². The number of nitrogens with zero attached hydrogens (tertiary/aromatic N) is 1. The number of fused-ring (bicyclic) bond motifs is 1. The quantitative estimate of drug-likeness (QED) is 0.388. The lowest BCUT2D eigenvalue weighted by Gasteiger charge is -2.37. The van der Waals surface area contributed by atoms with E-state index in [1.54, 1.807) is 4.90 Å². The summed E-state index contributed by atoms with van der Waals surface area (Å²) in [6.45, 7) is 12.2. The number of alkyl carbamates (subject to hydrolysis) is 1. The number of amides is 4. The highest BCUT2D eigenvalue weighted by molar-refractivity contribution is 6.37. The lowest BCUT2D eigenvalue weighted by molar-refractivity contribution is -0.145. The third-order valence-corrected chi connectivity index (χ3v) is 9.20. The van der Waals surface area contributed by atoms with Gasteiger partial charge in [-0.3, -0.25) is 19.2 Å². The molecule has 38 heavy (non-hydrogen) atoms. The Morgan fingerprint density at radius 2 is 1.71 bits per heavy atom. The largest absolute Gasteiger partial charge is 0.446 e. The summed E-state index contributed by atoms with van der Waals surface area (Å²) >= 11 is 0. The van der Waals surface area contributed by atoms with Crippen LogP contribution in [0.4, 0.5) is 4.79 Å². The lowest BCUT2D eigenvalue weighted by Crippen LogP contribution is -2.60. The zero-order valence-corrected chi connectivity index (χ0v) is 23.5. The van der Waals surface area contributed by atoms with Crippen molar-refractivity contribution < 1.29 is 28.7 Å². The fourth-order valence-electron chi connectivity index (χ4n) is 6.54. The van der Waals surface area contributed by atoms with Crippen molar-refractivity contribution in [3.05, 3.63) is 0 Å². The van der Waals surface area contributed by atoms with Crippen LogP contribution in [-0.4, -0.2) is 65.3 Å². The molecule has 0 bridgehead atoms. The number of carbonyl (C=O) groups is 5. The van der Waals surface area contributed by atoms with Crippen LogP contribution in [-0.2, 0) is 23.9 Å². The van der Waals surface area contributed by atoms with Gasteiger partial charge in [0.15, 0.2) is 0 Å². The molecule has 1 saturated heterocycles. The zero-order valence-electron chi connectivity index (χ0n) is 23.5. The van der Waals surface area contributed by atoms with E-state index in [-0.39, 0.29) is 35.2 Å². The van der Waals surface area contributed by atoms with Gasteiger partial charge < -0.3 is 26.0 Å². The first-order valence-electron chi connectivity index (χ1n) is 14.0. The molecule has 4 N–H and O–H groups in total. The number of carbonyl (C=O) groups excluding carboxylic acids is 5. The van der Waals surface area contributed by atoms with E-state index < -0.39 is 47.2 Å². The maximum atomic E-state index is 14.0. The number of hydrogen-bond donors (Lipinski definition) is 3. The molecule has 4 aliphatic rings. The maximum absolute atomic E-state index is 14.0. The summed E-state index contributed by atoms with van der Waals surface area (Å²) < 4.78 is 5.62. The van der Waals surface area contributed by atoms with Crippen LogP contribution < -0.4 is 16.4 Å². The summed E-state index contributed by atoms with van der Waals surface area (Å²) in [4.78, 5) is 66.1. The van der Waals surface area contributed by atoms with Crippen LogP contribution in [0.15, 0.2) is 0 Å². The zero-order chi connectivity index (χ0) is 28.2. The number of likely N-dealkylation sites (tertiary alicyclic amines) is 1. The molecule has 3 unspecified atom stereocenters. The molecule has 0 aromatic heterocycles. The number of Topliss-reactive ketones (excluding diaryl/α,β-unsaturated/α-hetero) is 1. The summed E-state index contributed by atoms with van der Waals surface area (Å²) in [6, 6.07) is -2.70. The molecule has 1 heterocycles. The Kier molecular flexibility index (Phi) is 7.58. The Morgan fingerprint density at radius 3 is 2.24 bits per heavy atom. The maximum Gasteiger partial charge on any atom is 0.408 e. The summed E-state index contributed by atoms with van der Waals surface area (Å²) in [5, 5.41) is 5.56. The molecule has 0 radical (unpaired) electrons. The van der Waals surface area contributed by atoms with Crippen molar-refractivity contribution in [1.82, 2.24) is 15.5 Å². The van der Waals surface area contributed by atoms with Crippen molar-refractivity contribution in [2.45, 2.75) is 104 Å². The predicted molar refractivity (Wildman–Crippen MR) is 139 cm³/mol. The number of primary amides is 1. The molecule has 0 aromatic carbocycles. The summed E-state index contributed by atoms with van der Waals surface area (Å²) in [5.41, 5.74) is 4.48. The van der Waals surface area contributed by atoms with Gasteiger partial charge in [0.1, 0.15) is 18.2 Å². The first-order chi connectivity index (χ1) is 17.6. The van der Waals surface area contributed by atoms with Crippen LogP contribution >= 0.6 is 0 Å². The van der Waals surface area contributed by atoms with Crippen molar-refractivity contribution in [2.75, 3.05) is 6.54 Å². The number of piperidine rings is 1. The van der Waals surface area contributed by atoms with E-state index in [1.165, 1.54) is 0 Å². The van der Waals surface area contributed by atoms with Crippen molar-refractivity contribution in [2.24, 2.45) is 40.2 Å². The Morgan fingerprint density at radius 1 is 1.05 bits per heavy atom. The number of ketones is 1.